The fourth-order valence-corrected chi connectivity index (χ4v) is 4.77. The number of carbonyl (C=O) groups is 1. The SMILES string of the molecule is CC[C@H](CN1CCC(C(=O)c2ccc(F)cc2)CC1)n1c(=S)[nH]c2ccccc2c1=O. The highest BCUT2D eigenvalue weighted by molar-refractivity contribution is 7.71. The zero-order valence-electron chi connectivity index (χ0n) is 17.5. The number of fused-ring (bicyclic) bond motifs is 1. The van der Waals surface area contributed by atoms with Crippen LogP contribution in [0.3, 0.4) is 0 Å². The van der Waals surface area contributed by atoms with Crippen LogP contribution < -0.4 is 5.56 Å². The zero-order valence-corrected chi connectivity index (χ0v) is 18.3. The van der Waals surface area contributed by atoms with Crippen LogP contribution in [0, 0.1) is 16.5 Å². The molecule has 1 N–H and O–H groups in total. The molecule has 1 fully saturated rings. The number of nitrogens with one attached hydrogen (secondary N) is 1. The molecule has 1 aromatic heterocycles. The van der Waals surface area contributed by atoms with E-state index in [4.69, 9.17) is 12.2 Å². The summed E-state index contributed by atoms with van der Waals surface area (Å²) in [6.07, 6.45) is 2.29. The first-order valence-electron chi connectivity index (χ1n) is 10.7. The summed E-state index contributed by atoms with van der Waals surface area (Å²) in [5.41, 5.74) is 1.26. The smallest absolute Gasteiger partial charge is 0.262 e. The van der Waals surface area contributed by atoms with E-state index in [-0.39, 0.29) is 29.1 Å². The lowest BCUT2D eigenvalue weighted by Gasteiger charge is -2.34. The van der Waals surface area contributed by atoms with E-state index in [2.05, 4.69) is 16.8 Å². The van der Waals surface area contributed by atoms with E-state index in [1.54, 1.807) is 16.7 Å². The van der Waals surface area contributed by atoms with Crippen molar-refractivity contribution >= 4 is 28.9 Å². The molecule has 1 aliphatic rings. The van der Waals surface area contributed by atoms with Gasteiger partial charge in [0.05, 0.1) is 16.9 Å². The number of hydrogen-bond donors (Lipinski definition) is 1. The van der Waals surface area contributed by atoms with Gasteiger partial charge in [0.15, 0.2) is 10.6 Å². The molecule has 3 aromatic rings. The van der Waals surface area contributed by atoms with Gasteiger partial charge in [-0.2, -0.15) is 0 Å². The number of H-pyrrole nitrogens is 1. The minimum Gasteiger partial charge on any atom is -0.332 e. The lowest BCUT2D eigenvalue weighted by Crippen LogP contribution is -2.41. The summed E-state index contributed by atoms with van der Waals surface area (Å²) in [7, 11) is 0. The predicted molar refractivity (Wildman–Crippen MR) is 123 cm³/mol. The Hall–Kier alpha value is -2.64. The molecule has 7 heteroatoms. The van der Waals surface area contributed by atoms with Gasteiger partial charge in [-0.05, 0) is 81.0 Å². The highest BCUT2D eigenvalue weighted by atomic mass is 32.1. The molecule has 162 valence electrons. The van der Waals surface area contributed by atoms with Crippen LogP contribution in [-0.4, -0.2) is 39.9 Å². The summed E-state index contributed by atoms with van der Waals surface area (Å²) >= 11 is 5.51. The van der Waals surface area contributed by atoms with Gasteiger partial charge in [0, 0.05) is 18.0 Å². The molecule has 0 radical (unpaired) electrons. The van der Waals surface area contributed by atoms with Crippen molar-refractivity contribution in [1.82, 2.24) is 14.5 Å². The predicted octanol–water partition coefficient (Wildman–Crippen LogP) is 4.74. The molecule has 2 heterocycles. The third-order valence-corrected chi connectivity index (χ3v) is 6.53. The van der Waals surface area contributed by atoms with Crippen LogP contribution in [0.5, 0.6) is 0 Å². The summed E-state index contributed by atoms with van der Waals surface area (Å²) in [5, 5.41) is 0.637. The number of carbonyl (C=O) groups excluding carboxylic acids is 1. The Morgan fingerprint density at radius 3 is 2.52 bits per heavy atom. The number of hydrogen-bond acceptors (Lipinski definition) is 4. The standard InChI is InChI=1S/C24H26FN3O2S/c1-2-19(28-23(30)20-5-3-4-6-21(20)26-24(28)31)15-27-13-11-17(12-14-27)22(29)16-7-9-18(25)10-8-16/h3-10,17,19H,2,11-15H2,1H3,(H,26,31)/t19-/m1/s1. The molecule has 4 rings (SSSR count). The summed E-state index contributed by atoms with van der Waals surface area (Å²) in [4.78, 5) is 31.3. The first-order chi connectivity index (χ1) is 15.0. The Bertz CT molecular complexity index is 1190. The molecule has 1 saturated heterocycles. The quantitative estimate of drug-likeness (QED) is 0.445. The Labute approximate surface area is 185 Å². The Morgan fingerprint density at radius 2 is 1.84 bits per heavy atom. The van der Waals surface area contributed by atoms with Crippen molar-refractivity contribution < 1.29 is 9.18 Å². The first-order valence-corrected chi connectivity index (χ1v) is 11.1. The van der Waals surface area contributed by atoms with E-state index in [0.717, 1.165) is 37.9 Å². The largest absolute Gasteiger partial charge is 0.332 e. The average molecular weight is 440 g/mol. The number of aromatic nitrogens is 2. The number of aromatic amines is 1. The molecule has 0 saturated carbocycles. The minimum atomic E-state index is -0.334. The van der Waals surface area contributed by atoms with Gasteiger partial charge >= 0.3 is 0 Å². The Balaban J connectivity index is 1.46. The van der Waals surface area contributed by atoms with Gasteiger partial charge in [0.1, 0.15) is 5.82 Å². The highest BCUT2D eigenvalue weighted by Crippen LogP contribution is 2.24. The average Bonchev–Trinajstić information content (AvgIpc) is 2.79. The Kier molecular flexibility index (Phi) is 6.43. The van der Waals surface area contributed by atoms with Gasteiger partial charge in [-0.15, -0.1) is 0 Å². The van der Waals surface area contributed by atoms with Crippen LogP contribution in [0.1, 0.15) is 42.6 Å². The molecule has 0 bridgehead atoms. The summed E-state index contributed by atoms with van der Waals surface area (Å²) in [6.45, 7) is 4.34. The number of nitrogens with zero attached hydrogens (tertiary/aromatic N) is 2. The van der Waals surface area contributed by atoms with E-state index in [0.29, 0.717) is 22.3 Å². The number of Topliss-reactive ketones (excluding diaryl/α,β-unsaturated/α-hetero) is 1. The van der Waals surface area contributed by atoms with Gasteiger partial charge in [0.2, 0.25) is 0 Å². The molecule has 0 amide bonds. The zero-order chi connectivity index (χ0) is 22.0. The van der Waals surface area contributed by atoms with Crippen LogP contribution in [0.15, 0.2) is 53.3 Å². The fraction of sp³-hybridized carbons (Fsp3) is 0.375. The van der Waals surface area contributed by atoms with E-state index < -0.39 is 0 Å². The summed E-state index contributed by atoms with van der Waals surface area (Å²) in [6, 6.07) is 13.2. The van der Waals surface area contributed by atoms with Gasteiger partial charge in [-0.3, -0.25) is 14.2 Å². The van der Waals surface area contributed by atoms with E-state index in [1.165, 1.54) is 12.1 Å². The van der Waals surface area contributed by atoms with Gasteiger partial charge < -0.3 is 9.88 Å². The third-order valence-electron chi connectivity index (χ3n) is 6.23. The van der Waals surface area contributed by atoms with Crippen molar-refractivity contribution in [3.05, 3.63) is 75.0 Å². The number of para-hydroxylation sites is 1. The second kappa shape index (κ2) is 9.24. The number of piperidine rings is 1. The van der Waals surface area contributed by atoms with Gasteiger partial charge in [-0.25, -0.2) is 4.39 Å². The van der Waals surface area contributed by atoms with E-state index in [1.807, 2.05) is 24.3 Å². The van der Waals surface area contributed by atoms with Crippen LogP contribution in [0.25, 0.3) is 10.9 Å². The van der Waals surface area contributed by atoms with Crippen molar-refractivity contribution in [3.63, 3.8) is 0 Å². The molecule has 0 spiro atoms. The first kappa shape index (κ1) is 21.6. The maximum Gasteiger partial charge on any atom is 0.262 e. The number of halogens is 1. The van der Waals surface area contributed by atoms with Crippen LogP contribution in [0.2, 0.25) is 0 Å². The second-order valence-electron chi connectivity index (χ2n) is 8.16. The van der Waals surface area contributed by atoms with Crippen LogP contribution in [0.4, 0.5) is 4.39 Å². The number of likely N-dealkylation sites (tertiary alicyclic amines) is 1. The molecule has 0 unspecified atom stereocenters. The van der Waals surface area contributed by atoms with E-state index >= 15 is 0 Å². The van der Waals surface area contributed by atoms with Crippen molar-refractivity contribution in [2.24, 2.45) is 5.92 Å². The van der Waals surface area contributed by atoms with E-state index in [9.17, 15) is 14.0 Å². The van der Waals surface area contributed by atoms with Gasteiger partial charge in [0.25, 0.3) is 5.56 Å². The number of rotatable bonds is 6. The molecular formula is C24H26FN3O2S. The topological polar surface area (TPSA) is 58.1 Å². The molecule has 0 aliphatic carbocycles. The molecular weight excluding hydrogens is 413 g/mol. The molecule has 1 aliphatic heterocycles. The second-order valence-corrected chi connectivity index (χ2v) is 8.55. The highest BCUT2D eigenvalue weighted by Gasteiger charge is 2.27. The van der Waals surface area contributed by atoms with Crippen molar-refractivity contribution in [2.45, 2.75) is 32.2 Å². The van der Waals surface area contributed by atoms with Crippen molar-refractivity contribution in [3.8, 4) is 0 Å². The Morgan fingerprint density at radius 1 is 1.16 bits per heavy atom. The summed E-state index contributed by atoms with van der Waals surface area (Å²) < 4.78 is 15.3. The monoisotopic (exact) mass is 439 g/mol. The van der Waals surface area contributed by atoms with Crippen molar-refractivity contribution in [1.29, 1.82) is 0 Å². The van der Waals surface area contributed by atoms with Crippen molar-refractivity contribution in [2.75, 3.05) is 19.6 Å². The lowest BCUT2D eigenvalue weighted by molar-refractivity contribution is 0.0826. The molecule has 31 heavy (non-hydrogen) atoms. The fourth-order valence-electron chi connectivity index (χ4n) is 4.43. The van der Waals surface area contributed by atoms with Gasteiger partial charge in [-0.1, -0.05) is 19.1 Å². The van der Waals surface area contributed by atoms with Crippen LogP contribution in [-0.2, 0) is 0 Å². The van der Waals surface area contributed by atoms with Crippen LogP contribution >= 0.6 is 12.2 Å². The maximum absolute atomic E-state index is 13.1. The molecule has 2 aromatic carbocycles. The number of ketones is 1. The molecule has 5 nitrogen and oxygen atoms in total. The summed E-state index contributed by atoms with van der Waals surface area (Å²) in [5.74, 6) is -0.299. The minimum absolute atomic E-state index is 0.0368. The maximum atomic E-state index is 13.1. The lowest BCUT2D eigenvalue weighted by atomic mass is 9.88. The molecule has 1 atom stereocenters. The number of benzene rings is 2. The normalized spacial score (nSPS) is 16.5. The third kappa shape index (κ3) is 4.52.